The van der Waals surface area contributed by atoms with E-state index in [-0.39, 0.29) is 19.8 Å². The minimum Gasteiger partial charge on any atom is -0.497 e. The van der Waals surface area contributed by atoms with Gasteiger partial charge in [0, 0.05) is 42.5 Å². The summed E-state index contributed by atoms with van der Waals surface area (Å²) in [5.74, 6) is 1.35. The van der Waals surface area contributed by atoms with Crippen molar-refractivity contribution in [1.29, 1.82) is 0 Å². The maximum absolute atomic E-state index is 10.9. The molecule has 2 heterocycles. The number of fused-ring (bicyclic) bond motifs is 1. The van der Waals surface area contributed by atoms with Crippen molar-refractivity contribution in [3.05, 3.63) is 85.2 Å². The Morgan fingerprint density at radius 2 is 1.43 bits per heavy atom. The Balaban J connectivity index is 0.000000553. The molecule has 5 rings (SSSR count). The number of carbonyl (C=O) groups is 1. The molecule has 0 saturated carbocycles. The number of hydrogen-bond donors (Lipinski definition) is 8. The molecule has 0 unspecified atom stereocenters. The number of furan rings is 1. The zero-order chi connectivity index (χ0) is 34.4. The molecule has 47 heavy (non-hydrogen) atoms. The number of carboxylic acids is 1. The van der Waals surface area contributed by atoms with Crippen LogP contribution in [0.25, 0.3) is 33.6 Å². The lowest BCUT2D eigenvalue weighted by molar-refractivity contribution is -0.139. The van der Waals surface area contributed by atoms with Gasteiger partial charge in [-0.3, -0.25) is 0 Å². The van der Waals surface area contributed by atoms with Crippen LogP contribution in [0.4, 0.5) is 11.5 Å². The Labute approximate surface area is 272 Å². The first kappa shape index (κ1) is 38.1. The molecular weight excluding hydrogens is 608 g/mol. The first-order valence-corrected chi connectivity index (χ1v) is 14.5. The van der Waals surface area contributed by atoms with Crippen molar-refractivity contribution >= 4 is 28.6 Å². The first-order valence-electron chi connectivity index (χ1n) is 14.5. The highest BCUT2D eigenvalue weighted by Gasteiger charge is 2.22. The molecule has 3 aromatic carbocycles. The zero-order valence-electron chi connectivity index (χ0n) is 26.1. The lowest BCUT2D eigenvalue weighted by atomic mass is 9.99. The van der Waals surface area contributed by atoms with E-state index in [0.29, 0.717) is 53.7 Å². The van der Waals surface area contributed by atoms with E-state index in [4.69, 9.17) is 51.5 Å². The van der Waals surface area contributed by atoms with E-state index in [1.165, 1.54) is 6.33 Å². The first-order chi connectivity index (χ1) is 22.9. The number of methoxy groups -OCH3 is 1. The average Bonchev–Trinajstić information content (AvgIpc) is 3.52. The molecule has 11 N–H and O–H groups in total. The largest absolute Gasteiger partial charge is 0.497 e. The molecule has 0 saturated heterocycles. The number of nitrogens with one attached hydrogen (secondary N) is 1. The number of anilines is 2. The van der Waals surface area contributed by atoms with Crippen LogP contribution in [-0.2, 0) is 4.79 Å². The molecule has 0 aliphatic rings. The summed E-state index contributed by atoms with van der Waals surface area (Å²) in [4.78, 5) is 19.7. The van der Waals surface area contributed by atoms with Crippen LogP contribution in [0.15, 0.2) is 89.6 Å². The van der Waals surface area contributed by atoms with E-state index in [2.05, 4.69) is 15.3 Å². The fourth-order valence-electron chi connectivity index (χ4n) is 3.80. The van der Waals surface area contributed by atoms with Gasteiger partial charge >= 0.3 is 5.97 Å². The van der Waals surface area contributed by atoms with Gasteiger partial charge in [-0.2, -0.15) is 0 Å². The third kappa shape index (κ3) is 12.3. The van der Waals surface area contributed by atoms with E-state index in [1.54, 1.807) is 25.3 Å². The van der Waals surface area contributed by atoms with Crippen molar-refractivity contribution in [3.63, 3.8) is 0 Å². The Morgan fingerprint density at radius 1 is 0.809 bits per heavy atom. The SMILES string of the molecule is COc1ccc(-c2c(-c3ccccc3)oc3ncnc(Nc4cccc(OCC(=O)O)c4)c23)cc1.NCCO.NCCO.NCCO. The number of nitrogens with two attached hydrogens (primary N) is 3. The molecule has 0 aliphatic heterocycles. The van der Waals surface area contributed by atoms with Gasteiger partial charge in [-0.05, 0) is 29.8 Å². The van der Waals surface area contributed by atoms with Crippen molar-refractivity contribution < 1.29 is 39.1 Å². The van der Waals surface area contributed by atoms with Gasteiger partial charge in [-0.15, -0.1) is 0 Å². The summed E-state index contributed by atoms with van der Waals surface area (Å²) in [7, 11) is 1.63. The number of ether oxygens (including phenoxy) is 2. The van der Waals surface area contributed by atoms with Crippen molar-refractivity contribution in [1.82, 2.24) is 9.97 Å². The van der Waals surface area contributed by atoms with Gasteiger partial charge in [0.1, 0.15) is 29.4 Å². The topological polar surface area (TPSA) is 245 Å². The lowest BCUT2D eigenvalue weighted by Gasteiger charge is -2.10. The highest BCUT2D eigenvalue weighted by Crippen LogP contribution is 2.43. The molecule has 0 fully saturated rings. The average molecular weight is 651 g/mol. The predicted octanol–water partition coefficient (Wildman–Crippen LogP) is 2.58. The van der Waals surface area contributed by atoms with E-state index < -0.39 is 12.6 Å². The third-order valence-corrected chi connectivity index (χ3v) is 5.75. The van der Waals surface area contributed by atoms with Crippen LogP contribution in [0.1, 0.15) is 0 Å². The lowest BCUT2D eigenvalue weighted by Crippen LogP contribution is -2.09. The molecule has 5 aromatic rings. The Bertz CT molecular complexity index is 1590. The molecule has 0 amide bonds. The van der Waals surface area contributed by atoms with Gasteiger partial charge in [-0.25, -0.2) is 14.8 Å². The monoisotopic (exact) mass is 650 g/mol. The highest BCUT2D eigenvalue weighted by atomic mass is 16.5. The van der Waals surface area contributed by atoms with Crippen LogP contribution in [0.5, 0.6) is 11.5 Å². The van der Waals surface area contributed by atoms with Crippen LogP contribution >= 0.6 is 0 Å². The van der Waals surface area contributed by atoms with E-state index in [9.17, 15) is 4.79 Å². The number of aliphatic carboxylic acids is 1. The van der Waals surface area contributed by atoms with Gasteiger partial charge in [0.05, 0.1) is 32.3 Å². The molecule has 0 bridgehead atoms. The molecule has 14 heteroatoms. The highest BCUT2D eigenvalue weighted by molar-refractivity contribution is 6.06. The van der Waals surface area contributed by atoms with Gasteiger partial charge in [0.15, 0.2) is 6.61 Å². The second-order valence-corrected chi connectivity index (χ2v) is 9.18. The summed E-state index contributed by atoms with van der Waals surface area (Å²) >= 11 is 0. The molecule has 14 nitrogen and oxygen atoms in total. The fraction of sp³-hybridized carbons (Fsp3) is 0.242. The number of aromatic nitrogens is 2. The summed E-state index contributed by atoms with van der Waals surface area (Å²) in [5, 5.41) is 36.2. The second-order valence-electron chi connectivity index (χ2n) is 9.18. The van der Waals surface area contributed by atoms with E-state index in [0.717, 1.165) is 22.4 Å². The molecular formula is C33H42N6O8. The summed E-state index contributed by atoms with van der Waals surface area (Å²) < 4.78 is 16.9. The van der Waals surface area contributed by atoms with Gasteiger partial charge in [0.25, 0.3) is 0 Å². The number of aliphatic hydroxyl groups excluding tert-OH is 3. The smallest absolute Gasteiger partial charge is 0.341 e. The zero-order valence-corrected chi connectivity index (χ0v) is 26.1. The Hall–Kier alpha value is -5.09. The van der Waals surface area contributed by atoms with Gasteiger partial charge < -0.3 is 56.8 Å². The van der Waals surface area contributed by atoms with Crippen LogP contribution in [-0.4, -0.2) is 89.5 Å². The standard InChI is InChI=1S/C27H21N3O5.3C2H7NO/c1-33-20-12-10-17(11-13-20)23-24-26(30-19-8-5-9-21(14-19)34-15-22(31)32)28-16-29-27(24)35-25(23)18-6-3-2-4-7-18;3*3-1-2-4/h2-14,16H,15H2,1H3,(H,31,32)(H,28,29,30);3*4H,1-3H2. The molecule has 0 radical (unpaired) electrons. The number of benzene rings is 3. The minimum atomic E-state index is -1.04. The fourth-order valence-corrected chi connectivity index (χ4v) is 3.80. The molecule has 0 aliphatic carbocycles. The number of nitrogens with zero attached hydrogens (tertiary/aromatic N) is 2. The quantitative estimate of drug-likeness (QED) is 0.102. The maximum Gasteiger partial charge on any atom is 0.341 e. The molecule has 0 spiro atoms. The predicted molar refractivity (Wildman–Crippen MR) is 181 cm³/mol. The number of aliphatic hydroxyl groups is 3. The van der Waals surface area contributed by atoms with Crippen molar-refractivity contribution in [2.24, 2.45) is 17.2 Å². The second kappa shape index (κ2) is 21.6. The summed E-state index contributed by atoms with van der Waals surface area (Å²) in [5.41, 5.74) is 18.1. The Kier molecular flexibility index (Phi) is 17.5. The third-order valence-electron chi connectivity index (χ3n) is 5.75. The van der Waals surface area contributed by atoms with Crippen molar-refractivity contribution in [3.8, 4) is 33.9 Å². The molecule has 0 atom stereocenters. The number of carboxylic acid groups (broad SMARTS) is 1. The summed E-state index contributed by atoms with van der Waals surface area (Å²) in [6.45, 7) is 0.991. The maximum atomic E-state index is 10.9. The summed E-state index contributed by atoms with van der Waals surface area (Å²) in [6.07, 6.45) is 1.44. The van der Waals surface area contributed by atoms with Gasteiger partial charge in [0.2, 0.25) is 5.71 Å². The molecule has 2 aromatic heterocycles. The van der Waals surface area contributed by atoms with Crippen LogP contribution in [0.2, 0.25) is 0 Å². The number of rotatable bonds is 11. The van der Waals surface area contributed by atoms with Gasteiger partial charge in [-0.1, -0.05) is 48.5 Å². The normalized spacial score (nSPS) is 9.94. The van der Waals surface area contributed by atoms with E-state index in [1.807, 2.05) is 60.7 Å². The van der Waals surface area contributed by atoms with Crippen molar-refractivity contribution in [2.75, 3.05) is 58.5 Å². The minimum absolute atomic E-state index is 0.0972. The van der Waals surface area contributed by atoms with Crippen LogP contribution in [0, 0.1) is 0 Å². The molecule has 252 valence electrons. The summed E-state index contributed by atoms with van der Waals surface area (Å²) in [6, 6.07) is 24.5. The van der Waals surface area contributed by atoms with Crippen LogP contribution < -0.4 is 32.0 Å². The van der Waals surface area contributed by atoms with Crippen LogP contribution in [0.3, 0.4) is 0 Å². The van der Waals surface area contributed by atoms with E-state index >= 15 is 0 Å². The Morgan fingerprint density at radius 3 is 1.98 bits per heavy atom. The number of hydrogen-bond acceptors (Lipinski definition) is 13. The van der Waals surface area contributed by atoms with Crippen molar-refractivity contribution in [2.45, 2.75) is 0 Å².